The lowest BCUT2D eigenvalue weighted by Gasteiger charge is -2.36. The molecule has 0 amide bonds. The normalized spacial score (nSPS) is 33.0. The van der Waals surface area contributed by atoms with Gasteiger partial charge in [-0.1, -0.05) is 19.3 Å². The Balaban J connectivity index is 1.97. The maximum absolute atomic E-state index is 9.16. The van der Waals surface area contributed by atoms with Crippen LogP contribution in [0, 0.1) is 0 Å². The lowest BCUT2D eigenvalue weighted by Crippen LogP contribution is -2.49. The summed E-state index contributed by atoms with van der Waals surface area (Å²) in [6.07, 6.45) is 8.99. The standard InChI is InChI=1S/C12H24N2O/c13-11-6-3-7-12(11)14(8-9-15)10-4-1-2-5-10/h10-12,15H,1-9,13H2. The van der Waals surface area contributed by atoms with Gasteiger partial charge >= 0.3 is 0 Å². The van der Waals surface area contributed by atoms with Gasteiger partial charge in [-0.15, -0.1) is 0 Å². The molecule has 3 N–H and O–H groups in total. The van der Waals surface area contributed by atoms with Crippen molar-refractivity contribution in [3.63, 3.8) is 0 Å². The highest BCUT2D eigenvalue weighted by molar-refractivity contribution is 4.92. The monoisotopic (exact) mass is 212 g/mol. The van der Waals surface area contributed by atoms with E-state index in [2.05, 4.69) is 4.90 Å². The molecule has 15 heavy (non-hydrogen) atoms. The first-order chi connectivity index (χ1) is 7.33. The van der Waals surface area contributed by atoms with Gasteiger partial charge in [-0.3, -0.25) is 4.90 Å². The van der Waals surface area contributed by atoms with Crippen LogP contribution < -0.4 is 5.73 Å². The van der Waals surface area contributed by atoms with Crippen molar-refractivity contribution in [1.29, 1.82) is 0 Å². The molecule has 2 rings (SSSR count). The topological polar surface area (TPSA) is 49.5 Å². The highest BCUT2D eigenvalue weighted by Crippen LogP contribution is 2.30. The molecule has 0 aromatic rings. The average molecular weight is 212 g/mol. The Morgan fingerprint density at radius 3 is 2.33 bits per heavy atom. The van der Waals surface area contributed by atoms with Crippen molar-refractivity contribution in [2.75, 3.05) is 13.2 Å². The van der Waals surface area contributed by atoms with Crippen molar-refractivity contribution in [3.05, 3.63) is 0 Å². The van der Waals surface area contributed by atoms with Crippen molar-refractivity contribution in [3.8, 4) is 0 Å². The molecular formula is C12H24N2O. The zero-order valence-electron chi connectivity index (χ0n) is 9.57. The Kier molecular flexibility index (Phi) is 4.00. The second kappa shape index (κ2) is 5.28. The zero-order chi connectivity index (χ0) is 10.7. The van der Waals surface area contributed by atoms with Gasteiger partial charge in [0, 0.05) is 24.7 Å². The Morgan fingerprint density at radius 1 is 1.07 bits per heavy atom. The van der Waals surface area contributed by atoms with Gasteiger partial charge in [0.05, 0.1) is 6.61 Å². The summed E-state index contributed by atoms with van der Waals surface area (Å²) < 4.78 is 0. The molecule has 2 aliphatic rings. The third kappa shape index (κ3) is 2.52. The smallest absolute Gasteiger partial charge is 0.0558 e. The van der Waals surface area contributed by atoms with Gasteiger partial charge < -0.3 is 10.8 Å². The predicted octanol–water partition coefficient (Wildman–Crippen LogP) is 1.10. The first kappa shape index (κ1) is 11.4. The summed E-state index contributed by atoms with van der Waals surface area (Å²) in [5.41, 5.74) is 6.15. The number of hydrogen-bond acceptors (Lipinski definition) is 3. The summed E-state index contributed by atoms with van der Waals surface area (Å²) in [4.78, 5) is 2.50. The molecule has 0 aliphatic heterocycles. The SMILES string of the molecule is NC1CCCC1N(CCO)C1CCCC1. The van der Waals surface area contributed by atoms with Gasteiger partial charge in [0.15, 0.2) is 0 Å². The van der Waals surface area contributed by atoms with Crippen LogP contribution >= 0.6 is 0 Å². The van der Waals surface area contributed by atoms with E-state index >= 15 is 0 Å². The quantitative estimate of drug-likeness (QED) is 0.734. The van der Waals surface area contributed by atoms with Crippen LogP contribution in [0.3, 0.4) is 0 Å². The molecule has 2 atom stereocenters. The first-order valence-electron chi connectivity index (χ1n) is 6.45. The van der Waals surface area contributed by atoms with E-state index in [1.807, 2.05) is 0 Å². The number of aliphatic hydroxyl groups excluding tert-OH is 1. The van der Waals surface area contributed by atoms with E-state index in [9.17, 15) is 0 Å². The van der Waals surface area contributed by atoms with Crippen LogP contribution in [0.1, 0.15) is 44.9 Å². The maximum Gasteiger partial charge on any atom is 0.0558 e. The molecule has 0 aromatic heterocycles. The van der Waals surface area contributed by atoms with Crippen LogP contribution in [0.4, 0.5) is 0 Å². The van der Waals surface area contributed by atoms with Gasteiger partial charge in [0.2, 0.25) is 0 Å². The summed E-state index contributed by atoms with van der Waals surface area (Å²) >= 11 is 0. The minimum atomic E-state index is 0.278. The van der Waals surface area contributed by atoms with E-state index in [0.717, 1.165) is 6.54 Å². The summed E-state index contributed by atoms with van der Waals surface area (Å²) in [6, 6.07) is 1.59. The minimum Gasteiger partial charge on any atom is -0.395 e. The molecule has 0 heterocycles. The van der Waals surface area contributed by atoms with Crippen LogP contribution in [0.15, 0.2) is 0 Å². The Labute approximate surface area is 92.6 Å². The number of nitrogens with two attached hydrogens (primary N) is 1. The van der Waals surface area contributed by atoms with Gasteiger partial charge in [0.25, 0.3) is 0 Å². The number of hydrogen-bond donors (Lipinski definition) is 2. The Morgan fingerprint density at radius 2 is 1.80 bits per heavy atom. The molecule has 0 bridgehead atoms. The van der Waals surface area contributed by atoms with E-state index in [1.54, 1.807) is 0 Å². The largest absolute Gasteiger partial charge is 0.395 e. The van der Waals surface area contributed by atoms with E-state index in [4.69, 9.17) is 10.8 Å². The molecule has 0 saturated heterocycles. The minimum absolute atomic E-state index is 0.278. The number of nitrogens with zero attached hydrogens (tertiary/aromatic N) is 1. The second-order valence-corrected chi connectivity index (χ2v) is 5.06. The lowest BCUT2D eigenvalue weighted by molar-refractivity contribution is 0.0986. The maximum atomic E-state index is 9.16. The zero-order valence-corrected chi connectivity index (χ0v) is 9.57. The van der Waals surface area contributed by atoms with Gasteiger partial charge in [0.1, 0.15) is 0 Å². The molecule has 2 unspecified atom stereocenters. The fraction of sp³-hybridized carbons (Fsp3) is 1.00. The number of aliphatic hydroxyl groups is 1. The van der Waals surface area contributed by atoms with Crippen molar-refractivity contribution < 1.29 is 5.11 Å². The molecule has 3 heteroatoms. The molecule has 0 aromatic carbocycles. The number of rotatable bonds is 4. The van der Waals surface area contributed by atoms with Crippen molar-refractivity contribution >= 4 is 0 Å². The molecule has 0 radical (unpaired) electrons. The fourth-order valence-electron chi connectivity index (χ4n) is 3.35. The fourth-order valence-corrected chi connectivity index (χ4v) is 3.35. The molecule has 2 saturated carbocycles. The van der Waals surface area contributed by atoms with Gasteiger partial charge in [-0.2, -0.15) is 0 Å². The summed E-state index contributed by atoms with van der Waals surface area (Å²) in [7, 11) is 0. The summed E-state index contributed by atoms with van der Waals surface area (Å²) in [6.45, 7) is 1.10. The molecule has 88 valence electrons. The van der Waals surface area contributed by atoms with E-state index in [0.29, 0.717) is 18.1 Å². The average Bonchev–Trinajstić information content (AvgIpc) is 2.85. The predicted molar refractivity (Wildman–Crippen MR) is 61.7 cm³/mol. The highest BCUT2D eigenvalue weighted by Gasteiger charge is 2.34. The summed E-state index contributed by atoms with van der Waals surface area (Å²) in [5.74, 6) is 0. The van der Waals surface area contributed by atoms with Crippen LogP contribution in [0.25, 0.3) is 0 Å². The lowest BCUT2D eigenvalue weighted by atomic mass is 10.1. The van der Waals surface area contributed by atoms with Crippen LogP contribution in [0.5, 0.6) is 0 Å². The van der Waals surface area contributed by atoms with Crippen LogP contribution in [-0.4, -0.2) is 41.3 Å². The third-order valence-corrected chi connectivity index (χ3v) is 4.11. The van der Waals surface area contributed by atoms with Crippen LogP contribution in [0.2, 0.25) is 0 Å². The van der Waals surface area contributed by atoms with Crippen molar-refractivity contribution in [2.24, 2.45) is 5.73 Å². The molecular weight excluding hydrogens is 188 g/mol. The van der Waals surface area contributed by atoms with Crippen LogP contribution in [-0.2, 0) is 0 Å². The molecule has 3 nitrogen and oxygen atoms in total. The summed E-state index contributed by atoms with van der Waals surface area (Å²) in [5, 5.41) is 9.16. The Bertz CT molecular complexity index is 192. The van der Waals surface area contributed by atoms with Gasteiger partial charge in [-0.05, 0) is 25.7 Å². The van der Waals surface area contributed by atoms with Gasteiger partial charge in [-0.25, -0.2) is 0 Å². The van der Waals surface area contributed by atoms with E-state index in [-0.39, 0.29) is 6.61 Å². The van der Waals surface area contributed by atoms with E-state index in [1.165, 1.54) is 44.9 Å². The third-order valence-electron chi connectivity index (χ3n) is 4.11. The highest BCUT2D eigenvalue weighted by atomic mass is 16.3. The second-order valence-electron chi connectivity index (χ2n) is 5.06. The Hall–Kier alpha value is -0.120. The van der Waals surface area contributed by atoms with Crippen molar-refractivity contribution in [1.82, 2.24) is 4.90 Å². The first-order valence-corrected chi connectivity index (χ1v) is 6.45. The molecule has 2 aliphatic carbocycles. The van der Waals surface area contributed by atoms with Crippen molar-refractivity contribution in [2.45, 2.75) is 63.1 Å². The van der Waals surface area contributed by atoms with E-state index < -0.39 is 0 Å². The molecule has 2 fully saturated rings. The molecule has 0 spiro atoms.